The van der Waals surface area contributed by atoms with Gasteiger partial charge in [0.2, 0.25) is 5.91 Å². The van der Waals surface area contributed by atoms with Crippen LogP contribution in [0.4, 0.5) is 5.13 Å². The molecule has 7 heteroatoms. The molecule has 0 bridgehead atoms. The van der Waals surface area contributed by atoms with Crippen LogP contribution in [0.2, 0.25) is 0 Å². The van der Waals surface area contributed by atoms with Gasteiger partial charge in [0.05, 0.1) is 12.1 Å². The number of aliphatic carboxylic acids is 1. The number of thiazole rings is 1. The van der Waals surface area contributed by atoms with Gasteiger partial charge in [-0.3, -0.25) is 4.79 Å². The van der Waals surface area contributed by atoms with Gasteiger partial charge in [-0.25, -0.2) is 9.78 Å². The van der Waals surface area contributed by atoms with Crippen molar-refractivity contribution in [3.8, 4) is 0 Å². The Bertz CT molecular complexity index is 484. The fraction of sp³-hybridized carbons (Fsp3) is 0.545. The summed E-state index contributed by atoms with van der Waals surface area (Å²) in [7, 11) is 0. The molecule has 0 saturated heterocycles. The molecule has 2 rings (SSSR count). The molecule has 1 fully saturated rings. The molecule has 1 saturated carbocycles. The minimum atomic E-state index is -1.17. The Morgan fingerprint density at radius 1 is 1.67 bits per heavy atom. The molecule has 98 valence electrons. The standard InChI is InChI=1S/C11H15N3O3S/c1-11(9(16)17,6-2-3-6)14-8(15)4-7-5-18-10(12)13-7/h5-6H,2-4H2,1H3,(H2,12,13)(H,14,15)(H,16,17). The second-order valence-electron chi connectivity index (χ2n) is 4.68. The Morgan fingerprint density at radius 3 is 2.78 bits per heavy atom. The number of amides is 1. The van der Waals surface area contributed by atoms with Crippen LogP contribution in [0.25, 0.3) is 0 Å². The van der Waals surface area contributed by atoms with E-state index >= 15 is 0 Å². The summed E-state index contributed by atoms with van der Waals surface area (Å²) in [4.78, 5) is 27.0. The van der Waals surface area contributed by atoms with Crippen molar-refractivity contribution < 1.29 is 14.7 Å². The highest BCUT2D eigenvalue weighted by Crippen LogP contribution is 2.39. The summed E-state index contributed by atoms with van der Waals surface area (Å²) in [6.07, 6.45) is 1.74. The molecule has 1 aromatic rings. The molecular weight excluding hydrogens is 254 g/mol. The van der Waals surface area contributed by atoms with Crippen LogP contribution in [0.5, 0.6) is 0 Å². The van der Waals surface area contributed by atoms with Crippen LogP contribution in [0.1, 0.15) is 25.5 Å². The van der Waals surface area contributed by atoms with Crippen LogP contribution in [-0.4, -0.2) is 27.5 Å². The van der Waals surface area contributed by atoms with Gasteiger partial charge in [0.1, 0.15) is 5.54 Å². The minimum Gasteiger partial charge on any atom is -0.480 e. The summed E-state index contributed by atoms with van der Waals surface area (Å²) in [5.41, 5.74) is 4.87. The highest BCUT2D eigenvalue weighted by atomic mass is 32.1. The predicted molar refractivity (Wildman–Crippen MR) is 67.1 cm³/mol. The van der Waals surface area contributed by atoms with Gasteiger partial charge in [0.25, 0.3) is 0 Å². The van der Waals surface area contributed by atoms with Crippen LogP contribution in [0.15, 0.2) is 5.38 Å². The lowest BCUT2D eigenvalue weighted by Gasteiger charge is -2.25. The van der Waals surface area contributed by atoms with Gasteiger partial charge in [0, 0.05) is 5.38 Å². The zero-order chi connectivity index (χ0) is 13.3. The SMILES string of the molecule is CC(NC(=O)Cc1csc(N)n1)(C(=O)O)C1CC1. The number of anilines is 1. The number of carboxylic acids is 1. The normalized spacial score (nSPS) is 18.1. The Hall–Kier alpha value is -1.63. The number of carbonyl (C=O) groups is 2. The molecule has 18 heavy (non-hydrogen) atoms. The summed E-state index contributed by atoms with van der Waals surface area (Å²) in [5, 5.41) is 13.9. The Morgan fingerprint density at radius 2 is 2.33 bits per heavy atom. The molecule has 0 aliphatic heterocycles. The number of hydrogen-bond donors (Lipinski definition) is 3. The molecule has 1 unspecified atom stereocenters. The number of nitrogen functional groups attached to an aromatic ring is 1. The minimum absolute atomic E-state index is 0.0273. The molecule has 6 nitrogen and oxygen atoms in total. The Labute approximate surface area is 108 Å². The molecule has 1 aliphatic carbocycles. The lowest BCUT2D eigenvalue weighted by molar-refractivity contribution is -0.147. The maximum Gasteiger partial charge on any atom is 0.329 e. The molecule has 0 spiro atoms. The first-order valence-electron chi connectivity index (χ1n) is 5.66. The lowest BCUT2D eigenvalue weighted by Crippen LogP contribution is -2.54. The Balaban J connectivity index is 1.99. The molecule has 1 heterocycles. The van der Waals surface area contributed by atoms with Crippen LogP contribution >= 0.6 is 11.3 Å². The van der Waals surface area contributed by atoms with E-state index in [2.05, 4.69) is 10.3 Å². The zero-order valence-electron chi connectivity index (χ0n) is 9.97. The van der Waals surface area contributed by atoms with E-state index in [1.54, 1.807) is 12.3 Å². The van der Waals surface area contributed by atoms with Crippen LogP contribution < -0.4 is 11.1 Å². The quantitative estimate of drug-likeness (QED) is 0.727. The number of nitrogens with one attached hydrogen (secondary N) is 1. The maximum absolute atomic E-state index is 11.8. The number of aromatic nitrogens is 1. The van der Waals surface area contributed by atoms with Gasteiger partial charge in [-0.15, -0.1) is 11.3 Å². The number of nitrogens with zero attached hydrogens (tertiary/aromatic N) is 1. The van der Waals surface area contributed by atoms with Crippen molar-refractivity contribution in [1.29, 1.82) is 0 Å². The van der Waals surface area contributed by atoms with Crippen molar-refractivity contribution in [1.82, 2.24) is 10.3 Å². The first kappa shape index (κ1) is 12.8. The molecule has 1 aliphatic rings. The van der Waals surface area contributed by atoms with Gasteiger partial charge in [-0.05, 0) is 25.7 Å². The van der Waals surface area contributed by atoms with E-state index in [1.165, 1.54) is 11.3 Å². The van der Waals surface area contributed by atoms with Gasteiger partial charge < -0.3 is 16.2 Å². The van der Waals surface area contributed by atoms with E-state index in [4.69, 9.17) is 5.73 Å². The number of rotatable bonds is 5. The van der Waals surface area contributed by atoms with Gasteiger partial charge >= 0.3 is 5.97 Å². The highest BCUT2D eigenvalue weighted by Gasteiger charge is 2.48. The zero-order valence-corrected chi connectivity index (χ0v) is 10.8. The molecule has 1 atom stereocenters. The van der Waals surface area contributed by atoms with Crippen LogP contribution in [-0.2, 0) is 16.0 Å². The van der Waals surface area contributed by atoms with E-state index in [0.717, 1.165) is 12.8 Å². The highest BCUT2D eigenvalue weighted by molar-refractivity contribution is 7.13. The van der Waals surface area contributed by atoms with Crippen molar-refractivity contribution in [2.75, 3.05) is 5.73 Å². The van der Waals surface area contributed by atoms with E-state index in [0.29, 0.717) is 10.8 Å². The van der Waals surface area contributed by atoms with Crippen molar-refractivity contribution in [3.05, 3.63) is 11.1 Å². The molecule has 0 radical (unpaired) electrons. The van der Waals surface area contributed by atoms with Gasteiger partial charge in [0.15, 0.2) is 5.13 Å². The molecular formula is C11H15N3O3S. The maximum atomic E-state index is 11.8. The Kier molecular flexibility index (Phi) is 3.25. The third-order valence-corrected chi connectivity index (χ3v) is 3.87. The summed E-state index contributed by atoms with van der Waals surface area (Å²) in [6, 6.07) is 0. The average Bonchev–Trinajstić information content (AvgIpc) is 3.04. The number of nitrogens with two attached hydrogens (primary N) is 1. The summed E-state index contributed by atoms with van der Waals surface area (Å²) in [6.45, 7) is 1.56. The first-order valence-corrected chi connectivity index (χ1v) is 6.54. The molecule has 4 N–H and O–H groups in total. The second kappa shape index (κ2) is 4.56. The third-order valence-electron chi connectivity index (χ3n) is 3.15. The summed E-state index contributed by atoms with van der Waals surface area (Å²) >= 11 is 1.26. The van der Waals surface area contributed by atoms with E-state index in [1.807, 2.05) is 0 Å². The largest absolute Gasteiger partial charge is 0.480 e. The average molecular weight is 269 g/mol. The second-order valence-corrected chi connectivity index (χ2v) is 5.57. The van der Waals surface area contributed by atoms with Crippen molar-refractivity contribution >= 4 is 28.3 Å². The predicted octanol–water partition coefficient (Wildman–Crippen LogP) is 0.637. The van der Waals surface area contributed by atoms with Crippen molar-refractivity contribution in [2.45, 2.75) is 31.7 Å². The topological polar surface area (TPSA) is 105 Å². The number of carboxylic acid groups (broad SMARTS) is 1. The lowest BCUT2D eigenvalue weighted by atomic mass is 9.95. The van der Waals surface area contributed by atoms with E-state index < -0.39 is 11.5 Å². The fourth-order valence-corrected chi connectivity index (χ4v) is 2.46. The van der Waals surface area contributed by atoms with Gasteiger partial charge in [-0.2, -0.15) is 0 Å². The third kappa shape index (κ3) is 2.61. The molecule has 0 aromatic carbocycles. The molecule has 1 amide bonds. The summed E-state index contributed by atoms with van der Waals surface area (Å²) < 4.78 is 0. The first-order chi connectivity index (χ1) is 8.41. The van der Waals surface area contributed by atoms with Crippen molar-refractivity contribution in [3.63, 3.8) is 0 Å². The van der Waals surface area contributed by atoms with E-state index in [-0.39, 0.29) is 18.2 Å². The fourth-order valence-electron chi connectivity index (χ4n) is 1.89. The van der Waals surface area contributed by atoms with Crippen molar-refractivity contribution in [2.24, 2.45) is 5.92 Å². The smallest absolute Gasteiger partial charge is 0.329 e. The number of carbonyl (C=O) groups excluding carboxylic acids is 1. The molecule has 1 aromatic heterocycles. The monoisotopic (exact) mass is 269 g/mol. The van der Waals surface area contributed by atoms with E-state index in [9.17, 15) is 14.7 Å². The van der Waals surface area contributed by atoms with Gasteiger partial charge in [-0.1, -0.05) is 0 Å². The van der Waals surface area contributed by atoms with Crippen LogP contribution in [0, 0.1) is 5.92 Å². The number of hydrogen-bond acceptors (Lipinski definition) is 5. The van der Waals surface area contributed by atoms with Crippen LogP contribution in [0.3, 0.4) is 0 Å². The summed E-state index contributed by atoms with van der Waals surface area (Å²) in [5.74, 6) is -1.30.